The molecular formula is C20H26O5. The normalized spacial score (nSPS) is 36.2. The van der Waals surface area contributed by atoms with Gasteiger partial charge in [-0.05, 0) is 73.3 Å². The zero-order chi connectivity index (χ0) is 17.8. The molecule has 0 amide bonds. The molecule has 4 rings (SSSR count). The number of carboxylic acids is 1. The van der Waals surface area contributed by atoms with E-state index in [2.05, 4.69) is 6.92 Å². The highest BCUT2D eigenvalue weighted by Gasteiger charge is 2.54. The first-order valence-electron chi connectivity index (χ1n) is 9.28. The number of phenols is 1. The number of carbonyl (C=O) groups is 1. The molecule has 3 aliphatic rings. The maximum atomic E-state index is 10.9. The van der Waals surface area contributed by atoms with Crippen molar-refractivity contribution in [2.45, 2.75) is 57.5 Å². The van der Waals surface area contributed by atoms with E-state index in [-0.39, 0.29) is 17.3 Å². The second kappa shape index (κ2) is 5.90. The van der Waals surface area contributed by atoms with Crippen molar-refractivity contribution in [2.75, 3.05) is 6.61 Å². The molecule has 0 aliphatic heterocycles. The molecule has 1 aromatic carbocycles. The van der Waals surface area contributed by atoms with Gasteiger partial charge in [0.15, 0.2) is 6.61 Å². The number of aliphatic hydroxyl groups excluding tert-OH is 1. The molecule has 5 heteroatoms. The number of hydrogen-bond acceptors (Lipinski definition) is 4. The number of hydrogen-bond donors (Lipinski definition) is 3. The first kappa shape index (κ1) is 16.7. The molecule has 25 heavy (non-hydrogen) atoms. The lowest BCUT2D eigenvalue weighted by Gasteiger charge is -2.50. The van der Waals surface area contributed by atoms with E-state index < -0.39 is 12.6 Å². The van der Waals surface area contributed by atoms with Crippen molar-refractivity contribution in [3.8, 4) is 11.5 Å². The Labute approximate surface area is 147 Å². The van der Waals surface area contributed by atoms with E-state index in [0.29, 0.717) is 23.5 Å². The SMILES string of the molecule is C[C@]12CC[C@@H]3c4c(cc(O)cc4OCC(=O)O)CC[C@H]3[C@@H]1CC[C@H]2O. The van der Waals surface area contributed by atoms with Crippen LogP contribution in [0.3, 0.4) is 0 Å². The molecule has 0 bridgehead atoms. The van der Waals surface area contributed by atoms with Crippen LogP contribution in [-0.4, -0.2) is 34.0 Å². The highest BCUT2D eigenvalue weighted by molar-refractivity contribution is 5.68. The zero-order valence-electron chi connectivity index (χ0n) is 14.6. The van der Waals surface area contributed by atoms with E-state index in [9.17, 15) is 15.0 Å². The maximum Gasteiger partial charge on any atom is 0.341 e. The summed E-state index contributed by atoms with van der Waals surface area (Å²) >= 11 is 0. The summed E-state index contributed by atoms with van der Waals surface area (Å²) in [6.07, 6.45) is 5.65. The van der Waals surface area contributed by atoms with E-state index in [1.807, 2.05) is 0 Å². The lowest BCUT2D eigenvalue weighted by molar-refractivity contribution is -0.139. The van der Waals surface area contributed by atoms with Crippen LogP contribution >= 0.6 is 0 Å². The molecule has 0 heterocycles. The molecule has 5 nitrogen and oxygen atoms in total. The van der Waals surface area contributed by atoms with Crippen LogP contribution in [0.2, 0.25) is 0 Å². The van der Waals surface area contributed by atoms with Gasteiger partial charge in [0, 0.05) is 11.6 Å². The van der Waals surface area contributed by atoms with E-state index >= 15 is 0 Å². The molecule has 2 fully saturated rings. The number of fused-ring (bicyclic) bond motifs is 5. The molecule has 0 saturated heterocycles. The van der Waals surface area contributed by atoms with Gasteiger partial charge in [0.25, 0.3) is 0 Å². The predicted molar refractivity (Wildman–Crippen MR) is 91.9 cm³/mol. The van der Waals surface area contributed by atoms with Crippen molar-refractivity contribution in [3.05, 3.63) is 23.3 Å². The first-order chi connectivity index (χ1) is 11.9. The van der Waals surface area contributed by atoms with Crippen molar-refractivity contribution >= 4 is 5.97 Å². The van der Waals surface area contributed by atoms with Gasteiger partial charge < -0.3 is 20.1 Å². The molecule has 0 aromatic heterocycles. The lowest BCUT2D eigenvalue weighted by Crippen LogP contribution is -2.44. The van der Waals surface area contributed by atoms with Crippen LogP contribution in [0.15, 0.2) is 12.1 Å². The van der Waals surface area contributed by atoms with Gasteiger partial charge >= 0.3 is 5.97 Å². The van der Waals surface area contributed by atoms with Gasteiger partial charge in [-0.15, -0.1) is 0 Å². The average molecular weight is 346 g/mol. The minimum Gasteiger partial charge on any atom is -0.508 e. The van der Waals surface area contributed by atoms with E-state index in [1.165, 1.54) is 0 Å². The second-order valence-corrected chi connectivity index (χ2v) is 8.25. The van der Waals surface area contributed by atoms with Gasteiger partial charge in [-0.1, -0.05) is 6.92 Å². The fourth-order valence-corrected chi connectivity index (χ4v) is 5.90. The Balaban J connectivity index is 1.71. The topological polar surface area (TPSA) is 87.0 Å². The largest absolute Gasteiger partial charge is 0.508 e. The summed E-state index contributed by atoms with van der Waals surface area (Å²) in [5.41, 5.74) is 2.19. The van der Waals surface area contributed by atoms with Crippen LogP contribution in [0, 0.1) is 17.3 Å². The summed E-state index contributed by atoms with van der Waals surface area (Å²) in [4.78, 5) is 10.9. The van der Waals surface area contributed by atoms with Gasteiger partial charge in [0.05, 0.1) is 6.10 Å². The third kappa shape index (κ3) is 2.60. The summed E-state index contributed by atoms with van der Waals surface area (Å²) in [5, 5.41) is 29.4. The summed E-state index contributed by atoms with van der Waals surface area (Å²) in [7, 11) is 0. The van der Waals surface area contributed by atoms with Crippen LogP contribution in [0.25, 0.3) is 0 Å². The fraction of sp³-hybridized carbons (Fsp3) is 0.650. The van der Waals surface area contributed by atoms with E-state index in [4.69, 9.17) is 9.84 Å². The van der Waals surface area contributed by atoms with Crippen molar-refractivity contribution in [1.29, 1.82) is 0 Å². The fourth-order valence-electron chi connectivity index (χ4n) is 5.90. The predicted octanol–water partition coefficient (Wildman–Crippen LogP) is 3.07. The van der Waals surface area contributed by atoms with Crippen LogP contribution in [-0.2, 0) is 11.2 Å². The molecular weight excluding hydrogens is 320 g/mol. The lowest BCUT2D eigenvalue weighted by atomic mass is 9.55. The van der Waals surface area contributed by atoms with Gasteiger partial charge in [-0.2, -0.15) is 0 Å². The molecule has 0 unspecified atom stereocenters. The summed E-state index contributed by atoms with van der Waals surface area (Å²) in [6.45, 7) is 1.84. The summed E-state index contributed by atoms with van der Waals surface area (Å²) in [6, 6.07) is 3.36. The highest BCUT2D eigenvalue weighted by atomic mass is 16.5. The molecule has 1 aromatic rings. The molecule has 136 valence electrons. The molecule has 0 spiro atoms. The number of aliphatic carboxylic acids is 1. The zero-order valence-corrected chi connectivity index (χ0v) is 14.6. The van der Waals surface area contributed by atoms with Crippen LogP contribution in [0.4, 0.5) is 0 Å². The third-order valence-corrected chi connectivity index (χ3v) is 7.07. The Morgan fingerprint density at radius 1 is 1.28 bits per heavy atom. The first-order valence-corrected chi connectivity index (χ1v) is 9.28. The van der Waals surface area contributed by atoms with Crippen LogP contribution in [0.1, 0.15) is 56.1 Å². The van der Waals surface area contributed by atoms with Gasteiger partial charge in [0.2, 0.25) is 0 Å². The molecule has 3 N–H and O–H groups in total. The maximum absolute atomic E-state index is 10.9. The number of aliphatic hydroxyl groups is 1. The van der Waals surface area contributed by atoms with Gasteiger partial charge in [-0.25, -0.2) is 4.79 Å². The van der Waals surface area contributed by atoms with E-state index in [0.717, 1.165) is 49.7 Å². The summed E-state index contributed by atoms with van der Waals surface area (Å²) < 4.78 is 5.54. The van der Waals surface area contributed by atoms with E-state index in [1.54, 1.807) is 12.1 Å². The number of ether oxygens (including phenoxy) is 1. The van der Waals surface area contributed by atoms with Crippen LogP contribution in [0.5, 0.6) is 11.5 Å². The second-order valence-electron chi connectivity index (χ2n) is 8.25. The quantitative estimate of drug-likeness (QED) is 0.783. The monoisotopic (exact) mass is 346 g/mol. The number of carboxylic acid groups (broad SMARTS) is 1. The third-order valence-electron chi connectivity index (χ3n) is 7.07. The molecule has 3 aliphatic carbocycles. The van der Waals surface area contributed by atoms with Gasteiger partial charge in [0.1, 0.15) is 11.5 Å². The number of phenolic OH excluding ortho intramolecular Hbond substituents is 1. The van der Waals surface area contributed by atoms with Crippen molar-refractivity contribution in [3.63, 3.8) is 0 Å². The molecule has 2 saturated carbocycles. The minimum atomic E-state index is -1.01. The Morgan fingerprint density at radius 2 is 2.08 bits per heavy atom. The highest BCUT2D eigenvalue weighted by Crippen LogP contribution is 2.62. The van der Waals surface area contributed by atoms with Crippen molar-refractivity contribution < 1.29 is 24.9 Å². The summed E-state index contributed by atoms with van der Waals surface area (Å²) in [5.74, 6) is 0.982. The molecule has 0 radical (unpaired) electrons. The minimum absolute atomic E-state index is 0.0116. The number of benzene rings is 1. The van der Waals surface area contributed by atoms with Gasteiger partial charge in [-0.3, -0.25) is 0 Å². The average Bonchev–Trinajstić information content (AvgIpc) is 2.87. The number of rotatable bonds is 3. The van der Waals surface area contributed by atoms with Crippen molar-refractivity contribution in [2.24, 2.45) is 17.3 Å². The van der Waals surface area contributed by atoms with Crippen molar-refractivity contribution in [1.82, 2.24) is 0 Å². The Bertz CT molecular complexity index is 700. The Kier molecular flexibility index (Phi) is 3.95. The number of aromatic hydroxyl groups is 1. The molecule has 5 atom stereocenters. The smallest absolute Gasteiger partial charge is 0.341 e. The standard InChI is InChI=1S/C20H26O5/c1-20-7-6-14-13(15(20)4-5-17(20)22)3-2-11-8-12(21)9-16(19(11)14)25-10-18(23)24/h8-9,13-15,17,21-22H,2-7,10H2,1H3,(H,23,24)/t13-,14+,15+,17-,20+/m1/s1. The number of aryl methyl sites for hydroxylation is 1. The van der Waals surface area contributed by atoms with Crippen LogP contribution < -0.4 is 4.74 Å². The Morgan fingerprint density at radius 3 is 2.84 bits per heavy atom. The Hall–Kier alpha value is -1.75.